The van der Waals surface area contributed by atoms with Gasteiger partial charge in [0.2, 0.25) is 0 Å². The zero-order chi connectivity index (χ0) is 17.0. The zero-order valence-corrected chi connectivity index (χ0v) is 13.4. The van der Waals surface area contributed by atoms with Gasteiger partial charge in [-0.3, -0.25) is 13.9 Å². The van der Waals surface area contributed by atoms with E-state index >= 15 is 0 Å². The van der Waals surface area contributed by atoms with Gasteiger partial charge in [0, 0.05) is 18.3 Å². The second-order valence-corrected chi connectivity index (χ2v) is 5.39. The summed E-state index contributed by atoms with van der Waals surface area (Å²) >= 11 is 0. The van der Waals surface area contributed by atoms with Crippen molar-refractivity contribution < 1.29 is 4.74 Å². The molecule has 0 fully saturated rings. The van der Waals surface area contributed by atoms with Gasteiger partial charge in [-0.15, -0.1) is 0 Å². The lowest BCUT2D eigenvalue weighted by atomic mass is 10.2. The van der Waals surface area contributed by atoms with E-state index in [0.717, 1.165) is 10.1 Å². The standard InChI is InChI=1S/C17H19N3O3/c1-4-19-10-14(9-18)16(21)20(17(19)22)11-13-7-5-6-8-15(13)23-12(2)3/h5-8,10,12H,4,11H2,1-3H3. The summed E-state index contributed by atoms with van der Waals surface area (Å²) in [6.07, 6.45) is 1.28. The summed E-state index contributed by atoms with van der Waals surface area (Å²) in [6, 6.07) is 9.10. The van der Waals surface area contributed by atoms with Crippen LogP contribution in [0.2, 0.25) is 0 Å². The number of nitriles is 1. The van der Waals surface area contributed by atoms with Crippen LogP contribution in [0.1, 0.15) is 31.9 Å². The highest BCUT2D eigenvalue weighted by Crippen LogP contribution is 2.19. The largest absolute Gasteiger partial charge is 0.491 e. The molecule has 0 radical (unpaired) electrons. The molecule has 1 aromatic carbocycles. The van der Waals surface area contributed by atoms with Crippen LogP contribution >= 0.6 is 0 Å². The first-order valence-corrected chi connectivity index (χ1v) is 7.46. The third kappa shape index (κ3) is 3.51. The minimum Gasteiger partial charge on any atom is -0.491 e. The van der Waals surface area contributed by atoms with Crippen LogP contribution in [0, 0.1) is 11.3 Å². The van der Waals surface area contributed by atoms with E-state index in [4.69, 9.17) is 10.00 Å². The molecule has 0 spiro atoms. The number of rotatable bonds is 5. The monoisotopic (exact) mass is 313 g/mol. The van der Waals surface area contributed by atoms with Crippen LogP contribution < -0.4 is 16.0 Å². The predicted octanol–water partition coefficient (Wildman–Crippen LogP) is 1.74. The number of ether oxygens (including phenoxy) is 1. The summed E-state index contributed by atoms with van der Waals surface area (Å²) in [5.41, 5.74) is -0.343. The summed E-state index contributed by atoms with van der Waals surface area (Å²) in [4.78, 5) is 24.7. The molecule has 0 aliphatic carbocycles. The van der Waals surface area contributed by atoms with E-state index in [0.29, 0.717) is 12.3 Å². The summed E-state index contributed by atoms with van der Waals surface area (Å²) in [5, 5.41) is 9.09. The molecule has 0 saturated carbocycles. The molecule has 0 bridgehead atoms. The van der Waals surface area contributed by atoms with Crippen molar-refractivity contribution in [1.29, 1.82) is 5.26 Å². The highest BCUT2D eigenvalue weighted by Gasteiger charge is 2.13. The molecule has 2 aromatic rings. The van der Waals surface area contributed by atoms with Gasteiger partial charge < -0.3 is 4.74 Å². The fourth-order valence-electron chi connectivity index (χ4n) is 2.27. The zero-order valence-electron chi connectivity index (χ0n) is 13.4. The predicted molar refractivity (Wildman–Crippen MR) is 86.7 cm³/mol. The van der Waals surface area contributed by atoms with Crippen molar-refractivity contribution in [3.63, 3.8) is 0 Å². The second kappa shape index (κ2) is 6.97. The summed E-state index contributed by atoms with van der Waals surface area (Å²) in [6.45, 7) is 6.05. The van der Waals surface area contributed by atoms with Crippen molar-refractivity contribution in [2.24, 2.45) is 0 Å². The van der Waals surface area contributed by atoms with Gasteiger partial charge in [-0.25, -0.2) is 4.79 Å². The van der Waals surface area contributed by atoms with Crippen LogP contribution in [0.3, 0.4) is 0 Å². The minimum absolute atomic E-state index is 0.0226. The van der Waals surface area contributed by atoms with Crippen molar-refractivity contribution in [2.75, 3.05) is 0 Å². The van der Waals surface area contributed by atoms with Crippen molar-refractivity contribution in [3.8, 4) is 11.8 Å². The maximum Gasteiger partial charge on any atom is 0.331 e. The topological polar surface area (TPSA) is 77.0 Å². The third-order valence-corrected chi connectivity index (χ3v) is 3.36. The Kier molecular flexibility index (Phi) is 5.02. The summed E-state index contributed by atoms with van der Waals surface area (Å²) in [5.74, 6) is 0.624. The van der Waals surface area contributed by atoms with Crippen LogP contribution in [-0.2, 0) is 13.1 Å². The Morgan fingerprint density at radius 2 is 1.96 bits per heavy atom. The normalized spacial score (nSPS) is 10.6. The summed E-state index contributed by atoms with van der Waals surface area (Å²) < 4.78 is 8.15. The second-order valence-electron chi connectivity index (χ2n) is 5.39. The van der Waals surface area contributed by atoms with E-state index in [1.54, 1.807) is 19.1 Å². The Balaban J connectivity index is 2.56. The molecule has 2 rings (SSSR count). The number of hydrogen-bond acceptors (Lipinski definition) is 4. The lowest BCUT2D eigenvalue weighted by Crippen LogP contribution is -2.41. The Morgan fingerprint density at radius 1 is 1.26 bits per heavy atom. The lowest BCUT2D eigenvalue weighted by molar-refractivity contribution is 0.239. The van der Waals surface area contributed by atoms with Crippen LogP contribution in [0.5, 0.6) is 5.75 Å². The van der Waals surface area contributed by atoms with Gasteiger partial charge in [0.05, 0.1) is 12.6 Å². The molecule has 6 nitrogen and oxygen atoms in total. The van der Waals surface area contributed by atoms with E-state index in [9.17, 15) is 9.59 Å². The van der Waals surface area contributed by atoms with Crippen LogP contribution in [-0.4, -0.2) is 15.2 Å². The maximum atomic E-state index is 12.4. The van der Waals surface area contributed by atoms with E-state index < -0.39 is 11.2 Å². The molecule has 0 N–H and O–H groups in total. The highest BCUT2D eigenvalue weighted by molar-refractivity contribution is 5.34. The Bertz CT molecular complexity index is 857. The van der Waals surface area contributed by atoms with Crippen molar-refractivity contribution in [2.45, 2.75) is 40.0 Å². The average Bonchev–Trinajstić information content (AvgIpc) is 2.52. The number of para-hydroxylation sites is 1. The van der Waals surface area contributed by atoms with Crippen LogP contribution in [0.4, 0.5) is 0 Å². The summed E-state index contributed by atoms with van der Waals surface area (Å²) in [7, 11) is 0. The van der Waals surface area contributed by atoms with Crippen molar-refractivity contribution in [1.82, 2.24) is 9.13 Å². The number of aromatic nitrogens is 2. The Labute approximate surface area is 134 Å². The molecule has 0 aliphatic rings. The molecule has 6 heteroatoms. The van der Waals surface area contributed by atoms with Crippen LogP contribution in [0.25, 0.3) is 0 Å². The van der Waals surface area contributed by atoms with Gasteiger partial charge in [0.15, 0.2) is 0 Å². The quantitative estimate of drug-likeness (QED) is 0.842. The number of benzene rings is 1. The van der Waals surface area contributed by atoms with E-state index in [1.165, 1.54) is 10.8 Å². The molecule has 1 heterocycles. The molecule has 0 unspecified atom stereocenters. The molecule has 0 atom stereocenters. The van der Waals surface area contributed by atoms with Gasteiger partial charge in [0.1, 0.15) is 17.4 Å². The van der Waals surface area contributed by atoms with E-state index in [2.05, 4.69) is 0 Å². The van der Waals surface area contributed by atoms with Crippen molar-refractivity contribution in [3.05, 3.63) is 62.4 Å². The fraction of sp³-hybridized carbons (Fsp3) is 0.353. The molecular weight excluding hydrogens is 294 g/mol. The molecule has 0 saturated heterocycles. The van der Waals surface area contributed by atoms with Gasteiger partial charge in [-0.1, -0.05) is 18.2 Å². The Hall–Kier alpha value is -2.81. The number of hydrogen-bond donors (Lipinski definition) is 0. The third-order valence-electron chi connectivity index (χ3n) is 3.36. The van der Waals surface area contributed by atoms with Gasteiger partial charge >= 0.3 is 5.69 Å². The van der Waals surface area contributed by atoms with Gasteiger partial charge in [-0.2, -0.15) is 5.26 Å². The fourth-order valence-corrected chi connectivity index (χ4v) is 2.27. The molecule has 0 aliphatic heterocycles. The van der Waals surface area contributed by atoms with Crippen LogP contribution in [0.15, 0.2) is 40.1 Å². The lowest BCUT2D eigenvalue weighted by Gasteiger charge is -2.15. The number of nitrogens with zero attached hydrogens (tertiary/aromatic N) is 3. The van der Waals surface area contributed by atoms with E-state index in [1.807, 2.05) is 32.0 Å². The van der Waals surface area contributed by atoms with Gasteiger partial charge in [-0.05, 0) is 26.8 Å². The van der Waals surface area contributed by atoms with Crippen molar-refractivity contribution >= 4 is 0 Å². The van der Waals surface area contributed by atoms with Gasteiger partial charge in [0.25, 0.3) is 5.56 Å². The maximum absolute atomic E-state index is 12.4. The number of aryl methyl sites for hydroxylation is 1. The minimum atomic E-state index is -0.582. The molecular formula is C17H19N3O3. The first-order chi connectivity index (χ1) is 11.0. The SMILES string of the molecule is CCn1cc(C#N)c(=O)n(Cc2ccccc2OC(C)C)c1=O. The Morgan fingerprint density at radius 3 is 2.57 bits per heavy atom. The molecule has 120 valence electrons. The molecule has 23 heavy (non-hydrogen) atoms. The highest BCUT2D eigenvalue weighted by atomic mass is 16.5. The smallest absolute Gasteiger partial charge is 0.331 e. The molecule has 1 aromatic heterocycles. The first-order valence-electron chi connectivity index (χ1n) is 7.46. The first kappa shape index (κ1) is 16.6. The van der Waals surface area contributed by atoms with E-state index in [-0.39, 0.29) is 18.2 Å². The molecule has 0 amide bonds. The average molecular weight is 313 g/mol.